The predicted molar refractivity (Wildman–Crippen MR) is 133 cm³/mol. The minimum atomic E-state index is 0. The maximum Gasteiger partial charge on any atom is 0.191 e. The highest BCUT2D eigenvalue weighted by Crippen LogP contribution is 2.15. The molecule has 0 saturated carbocycles. The quantitative estimate of drug-likeness (QED) is 0.214. The number of aryl methyl sites for hydroxylation is 2. The van der Waals surface area contributed by atoms with Gasteiger partial charge in [-0.1, -0.05) is 12.1 Å². The molecule has 0 bridgehead atoms. The average molecular weight is 529 g/mol. The van der Waals surface area contributed by atoms with Gasteiger partial charge in [-0.15, -0.1) is 24.0 Å². The molecule has 0 amide bonds. The lowest BCUT2D eigenvalue weighted by molar-refractivity contribution is 0.146. The van der Waals surface area contributed by atoms with Crippen LogP contribution in [-0.2, 0) is 24.8 Å². The molecule has 1 aromatic carbocycles. The van der Waals surface area contributed by atoms with Gasteiger partial charge in [-0.2, -0.15) is 5.10 Å². The van der Waals surface area contributed by atoms with Crippen LogP contribution in [0.5, 0.6) is 5.75 Å². The summed E-state index contributed by atoms with van der Waals surface area (Å²) in [5, 5.41) is 11.4. The van der Waals surface area contributed by atoms with E-state index in [0.717, 1.165) is 35.9 Å². The first kappa shape index (κ1) is 26.2. The highest BCUT2D eigenvalue weighted by Gasteiger charge is 2.14. The van der Waals surface area contributed by atoms with E-state index in [4.69, 9.17) is 14.5 Å². The Hall–Kier alpha value is -1.81. The second-order valence-corrected chi connectivity index (χ2v) is 7.21. The van der Waals surface area contributed by atoms with Gasteiger partial charge in [0.15, 0.2) is 5.96 Å². The van der Waals surface area contributed by atoms with Crippen molar-refractivity contribution in [3.05, 3.63) is 46.8 Å². The van der Waals surface area contributed by atoms with Gasteiger partial charge in [0, 0.05) is 32.4 Å². The van der Waals surface area contributed by atoms with E-state index in [2.05, 4.69) is 49.5 Å². The number of rotatable bonds is 10. The highest BCUT2D eigenvalue weighted by molar-refractivity contribution is 14.0. The summed E-state index contributed by atoms with van der Waals surface area (Å²) >= 11 is 0. The van der Waals surface area contributed by atoms with Gasteiger partial charge in [0.2, 0.25) is 0 Å². The molecule has 30 heavy (non-hydrogen) atoms. The van der Waals surface area contributed by atoms with E-state index in [1.54, 1.807) is 7.11 Å². The van der Waals surface area contributed by atoms with Crippen molar-refractivity contribution in [1.82, 2.24) is 20.4 Å². The number of hydrogen-bond donors (Lipinski definition) is 2. The van der Waals surface area contributed by atoms with E-state index >= 15 is 0 Å². The van der Waals surface area contributed by atoms with E-state index in [-0.39, 0.29) is 30.0 Å². The predicted octanol–water partition coefficient (Wildman–Crippen LogP) is 3.37. The summed E-state index contributed by atoms with van der Waals surface area (Å²) in [6.07, 6.45) is 0.902. The fraction of sp³-hybridized carbons (Fsp3) is 0.545. The number of hydrogen-bond acceptors (Lipinski definition) is 4. The summed E-state index contributed by atoms with van der Waals surface area (Å²) < 4.78 is 12.7. The normalized spacial score (nSPS) is 12.3. The van der Waals surface area contributed by atoms with Crippen molar-refractivity contribution < 1.29 is 9.47 Å². The molecule has 168 valence electrons. The van der Waals surface area contributed by atoms with Crippen LogP contribution in [0.15, 0.2) is 29.3 Å². The molecule has 7 nitrogen and oxygen atoms in total. The number of benzene rings is 1. The first-order valence-electron chi connectivity index (χ1n) is 10.2. The van der Waals surface area contributed by atoms with Crippen molar-refractivity contribution in [2.24, 2.45) is 12.0 Å². The number of halogens is 1. The van der Waals surface area contributed by atoms with Crippen molar-refractivity contribution in [3.63, 3.8) is 0 Å². The Morgan fingerprint density at radius 1 is 1.27 bits per heavy atom. The molecule has 8 heteroatoms. The smallest absolute Gasteiger partial charge is 0.191 e. The number of ether oxygens (including phenoxy) is 2. The van der Waals surface area contributed by atoms with Crippen molar-refractivity contribution in [3.8, 4) is 5.75 Å². The van der Waals surface area contributed by atoms with Crippen LogP contribution in [0.4, 0.5) is 0 Å². The maximum atomic E-state index is 5.68. The monoisotopic (exact) mass is 529 g/mol. The molecule has 1 aromatic heterocycles. The zero-order valence-electron chi connectivity index (χ0n) is 19.0. The number of guanidine groups is 1. The lowest BCUT2D eigenvalue weighted by Crippen LogP contribution is -2.43. The molecular weight excluding hydrogens is 493 g/mol. The second-order valence-electron chi connectivity index (χ2n) is 7.21. The molecule has 1 atom stereocenters. The first-order chi connectivity index (χ1) is 13.9. The molecular formula is C22H36IN5O2. The molecule has 2 N–H and O–H groups in total. The third kappa shape index (κ3) is 8.14. The van der Waals surface area contributed by atoms with E-state index in [0.29, 0.717) is 19.8 Å². The van der Waals surface area contributed by atoms with E-state index in [1.165, 1.54) is 11.3 Å². The molecule has 0 fully saturated rings. The molecule has 2 aromatic rings. The summed E-state index contributed by atoms with van der Waals surface area (Å²) in [7, 11) is 3.66. The highest BCUT2D eigenvalue weighted by atomic mass is 127. The van der Waals surface area contributed by atoms with Gasteiger partial charge in [-0.3, -0.25) is 4.68 Å². The van der Waals surface area contributed by atoms with Crippen molar-refractivity contribution in [2.75, 3.05) is 26.9 Å². The van der Waals surface area contributed by atoms with Gasteiger partial charge >= 0.3 is 0 Å². The summed E-state index contributed by atoms with van der Waals surface area (Å²) in [6.45, 7) is 10.9. The number of methoxy groups -OCH3 is 1. The Kier molecular flexibility index (Phi) is 11.8. The topological polar surface area (TPSA) is 72.7 Å². The van der Waals surface area contributed by atoms with Crippen LogP contribution in [0, 0.1) is 13.8 Å². The number of nitrogens with zero attached hydrogens (tertiary/aromatic N) is 3. The minimum Gasteiger partial charge on any atom is -0.491 e. The SMILES string of the molecule is CCNC(=NCc1cccc(OCCOC)c1)NC(C)Cc1c(C)nn(C)c1C.I. The van der Waals surface area contributed by atoms with E-state index < -0.39 is 0 Å². The zero-order chi connectivity index (χ0) is 21.2. The third-order valence-electron chi connectivity index (χ3n) is 4.77. The molecule has 2 rings (SSSR count). The Morgan fingerprint density at radius 2 is 2.03 bits per heavy atom. The second kappa shape index (κ2) is 13.5. The number of aromatic nitrogens is 2. The Bertz CT molecular complexity index is 807. The standard InChI is InChI=1S/C22H35N5O2.HI/c1-7-23-22(25-16(2)13-21-17(3)26-27(5)18(21)4)24-15-19-9-8-10-20(14-19)29-12-11-28-6;/h8-10,14,16H,7,11-13,15H2,1-6H3,(H2,23,24,25);1H. The summed E-state index contributed by atoms with van der Waals surface area (Å²) in [5.74, 6) is 1.65. The lowest BCUT2D eigenvalue weighted by Gasteiger charge is -2.18. The summed E-state index contributed by atoms with van der Waals surface area (Å²) in [5.41, 5.74) is 4.70. The third-order valence-corrected chi connectivity index (χ3v) is 4.77. The largest absolute Gasteiger partial charge is 0.491 e. The van der Waals surface area contributed by atoms with E-state index in [1.807, 2.05) is 29.9 Å². The lowest BCUT2D eigenvalue weighted by atomic mass is 10.1. The average Bonchev–Trinajstić information content (AvgIpc) is 2.93. The first-order valence-corrected chi connectivity index (χ1v) is 10.2. The fourth-order valence-electron chi connectivity index (χ4n) is 3.17. The molecule has 0 saturated heterocycles. The van der Waals surface area contributed by atoms with Gasteiger partial charge in [-0.05, 0) is 57.4 Å². The Balaban J connectivity index is 0.00000450. The molecule has 0 aliphatic carbocycles. The zero-order valence-corrected chi connectivity index (χ0v) is 21.3. The molecule has 1 unspecified atom stereocenters. The van der Waals surface area contributed by atoms with Gasteiger partial charge in [-0.25, -0.2) is 4.99 Å². The van der Waals surface area contributed by atoms with Crippen LogP contribution < -0.4 is 15.4 Å². The van der Waals surface area contributed by atoms with Crippen LogP contribution in [0.25, 0.3) is 0 Å². The maximum absolute atomic E-state index is 5.68. The minimum absolute atomic E-state index is 0. The molecule has 0 aliphatic heterocycles. The van der Waals surface area contributed by atoms with Crippen LogP contribution in [0.3, 0.4) is 0 Å². The number of nitrogens with one attached hydrogen (secondary N) is 2. The van der Waals surface area contributed by atoms with Crippen LogP contribution in [-0.4, -0.2) is 48.7 Å². The van der Waals surface area contributed by atoms with Crippen molar-refractivity contribution >= 4 is 29.9 Å². The fourth-order valence-corrected chi connectivity index (χ4v) is 3.17. The van der Waals surface area contributed by atoms with Gasteiger partial charge in [0.1, 0.15) is 12.4 Å². The van der Waals surface area contributed by atoms with Gasteiger partial charge < -0.3 is 20.1 Å². The summed E-state index contributed by atoms with van der Waals surface area (Å²) in [6, 6.07) is 8.26. The van der Waals surface area contributed by atoms with Crippen LogP contribution in [0.2, 0.25) is 0 Å². The Morgan fingerprint density at radius 3 is 2.67 bits per heavy atom. The number of aliphatic imine (C=N–C) groups is 1. The van der Waals surface area contributed by atoms with Crippen LogP contribution in [0.1, 0.15) is 36.4 Å². The molecule has 1 heterocycles. The van der Waals surface area contributed by atoms with E-state index in [9.17, 15) is 0 Å². The molecule has 0 spiro atoms. The van der Waals surface area contributed by atoms with Crippen LogP contribution >= 0.6 is 24.0 Å². The molecule has 0 aliphatic rings. The Labute approximate surface area is 197 Å². The summed E-state index contributed by atoms with van der Waals surface area (Å²) in [4.78, 5) is 4.75. The van der Waals surface area contributed by atoms with Crippen molar-refractivity contribution in [2.45, 2.75) is 46.7 Å². The van der Waals surface area contributed by atoms with Crippen molar-refractivity contribution in [1.29, 1.82) is 0 Å². The van der Waals surface area contributed by atoms with Gasteiger partial charge in [0.05, 0.1) is 18.8 Å². The van der Waals surface area contributed by atoms with Gasteiger partial charge in [0.25, 0.3) is 0 Å². The molecule has 0 radical (unpaired) electrons.